The third-order valence-electron chi connectivity index (χ3n) is 4.69. The van der Waals surface area contributed by atoms with Gasteiger partial charge in [0.15, 0.2) is 0 Å². The lowest BCUT2D eigenvalue weighted by Crippen LogP contribution is -2.45. The zero-order valence-electron chi connectivity index (χ0n) is 14.7. The van der Waals surface area contributed by atoms with E-state index >= 15 is 0 Å². The number of hydrogen-bond acceptors (Lipinski definition) is 3. The minimum absolute atomic E-state index is 0.0263. The maximum Gasteiger partial charge on any atom is 0.225 e. The van der Waals surface area contributed by atoms with Crippen molar-refractivity contribution in [3.05, 3.63) is 71.8 Å². The third kappa shape index (κ3) is 4.91. The van der Waals surface area contributed by atoms with E-state index in [1.807, 2.05) is 41.3 Å². The monoisotopic (exact) mass is 338 g/mol. The SMILES string of the molecule is CC(c1ccccc1)N(Cc1ccccc1)C(=O)CC1COCCN1. The van der Waals surface area contributed by atoms with Crippen LogP contribution in [-0.4, -0.2) is 36.6 Å². The highest BCUT2D eigenvalue weighted by Gasteiger charge is 2.25. The summed E-state index contributed by atoms with van der Waals surface area (Å²) in [4.78, 5) is 15.0. The highest BCUT2D eigenvalue weighted by atomic mass is 16.5. The van der Waals surface area contributed by atoms with E-state index in [0.29, 0.717) is 19.6 Å². The molecule has 2 atom stereocenters. The topological polar surface area (TPSA) is 41.6 Å². The number of nitrogens with zero attached hydrogens (tertiary/aromatic N) is 1. The number of hydrogen-bond donors (Lipinski definition) is 1. The van der Waals surface area contributed by atoms with Crippen LogP contribution in [-0.2, 0) is 16.1 Å². The second-order valence-electron chi connectivity index (χ2n) is 6.52. The van der Waals surface area contributed by atoms with Crippen LogP contribution in [0.5, 0.6) is 0 Å². The second kappa shape index (κ2) is 8.79. The van der Waals surface area contributed by atoms with Crippen LogP contribution < -0.4 is 5.32 Å². The molecule has 4 heteroatoms. The third-order valence-corrected chi connectivity index (χ3v) is 4.69. The summed E-state index contributed by atoms with van der Waals surface area (Å²) in [5.41, 5.74) is 2.30. The van der Waals surface area contributed by atoms with E-state index in [0.717, 1.165) is 24.3 Å². The molecular weight excluding hydrogens is 312 g/mol. The zero-order chi connectivity index (χ0) is 17.5. The molecule has 1 aliphatic heterocycles. The number of morpholine rings is 1. The first-order valence-corrected chi connectivity index (χ1v) is 8.93. The molecule has 25 heavy (non-hydrogen) atoms. The van der Waals surface area contributed by atoms with Gasteiger partial charge in [-0.1, -0.05) is 60.7 Å². The molecule has 0 spiro atoms. The summed E-state index contributed by atoms with van der Waals surface area (Å²) in [6.07, 6.45) is 0.462. The molecule has 0 saturated carbocycles. The van der Waals surface area contributed by atoms with Crippen LogP contribution in [0.1, 0.15) is 30.5 Å². The Morgan fingerprint density at radius 1 is 1.16 bits per heavy atom. The average Bonchev–Trinajstić information content (AvgIpc) is 2.68. The Morgan fingerprint density at radius 2 is 1.84 bits per heavy atom. The first kappa shape index (κ1) is 17.6. The van der Waals surface area contributed by atoms with Crippen molar-refractivity contribution >= 4 is 5.91 Å². The van der Waals surface area contributed by atoms with Crippen LogP contribution in [0.15, 0.2) is 60.7 Å². The van der Waals surface area contributed by atoms with Crippen molar-refractivity contribution in [3.8, 4) is 0 Å². The van der Waals surface area contributed by atoms with E-state index in [9.17, 15) is 4.79 Å². The maximum atomic E-state index is 13.1. The molecule has 3 rings (SSSR count). The number of nitrogens with one attached hydrogen (secondary N) is 1. The van der Waals surface area contributed by atoms with Gasteiger partial charge in [-0.05, 0) is 18.1 Å². The van der Waals surface area contributed by atoms with Gasteiger partial charge in [-0.15, -0.1) is 0 Å². The van der Waals surface area contributed by atoms with Crippen LogP contribution in [0, 0.1) is 0 Å². The summed E-state index contributed by atoms with van der Waals surface area (Å²) in [6.45, 7) is 4.85. The fourth-order valence-corrected chi connectivity index (χ4v) is 3.21. The summed E-state index contributed by atoms with van der Waals surface area (Å²) >= 11 is 0. The van der Waals surface area contributed by atoms with Gasteiger partial charge < -0.3 is 15.0 Å². The Morgan fingerprint density at radius 3 is 2.48 bits per heavy atom. The Balaban J connectivity index is 1.76. The van der Waals surface area contributed by atoms with Gasteiger partial charge in [0.2, 0.25) is 5.91 Å². The Bertz CT molecular complexity index is 654. The number of rotatable bonds is 6. The average molecular weight is 338 g/mol. The highest BCUT2D eigenvalue weighted by Crippen LogP contribution is 2.23. The Labute approximate surface area is 149 Å². The molecule has 4 nitrogen and oxygen atoms in total. The summed E-state index contributed by atoms with van der Waals surface area (Å²) in [5.74, 6) is 0.156. The van der Waals surface area contributed by atoms with Crippen LogP contribution >= 0.6 is 0 Å². The minimum Gasteiger partial charge on any atom is -0.378 e. The fourth-order valence-electron chi connectivity index (χ4n) is 3.21. The first-order chi connectivity index (χ1) is 12.2. The van der Waals surface area contributed by atoms with Crippen LogP contribution in [0.4, 0.5) is 0 Å². The molecule has 1 N–H and O–H groups in total. The van der Waals surface area contributed by atoms with Crippen molar-refractivity contribution < 1.29 is 9.53 Å². The molecule has 1 amide bonds. The number of carbonyl (C=O) groups is 1. The largest absolute Gasteiger partial charge is 0.378 e. The fraction of sp³-hybridized carbons (Fsp3) is 0.381. The molecule has 0 radical (unpaired) electrons. The van der Waals surface area contributed by atoms with Crippen molar-refractivity contribution in [2.45, 2.75) is 32.0 Å². The smallest absolute Gasteiger partial charge is 0.225 e. The zero-order valence-corrected chi connectivity index (χ0v) is 14.7. The van der Waals surface area contributed by atoms with Gasteiger partial charge in [-0.25, -0.2) is 0 Å². The Kier molecular flexibility index (Phi) is 6.20. The summed E-state index contributed by atoms with van der Waals surface area (Å²) in [6, 6.07) is 20.5. The summed E-state index contributed by atoms with van der Waals surface area (Å²) in [7, 11) is 0. The molecule has 0 aromatic heterocycles. The van der Waals surface area contributed by atoms with Crippen molar-refractivity contribution in [2.24, 2.45) is 0 Å². The van der Waals surface area contributed by atoms with Gasteiger partial charge in [-0.2, -0.15) is 0 Å². The molecular formula is C21H26N2O2. The highest BCUT2D eigenvalue weighted by molar-refractivity contribution is 5.77. The number of carbonyl (C=O) groups excluding carboxylic acids is 1. The molecule has 1 saturated heterocycles. The lowest BCUT2D eigenvalue weighted by molar-refractivity contribution is -0.135. The van der Waals surface area contributed by atoms with E-state index in [1.165, 1.54) is 0 Å². The summed E-state index contributed by atoms with van der Waals surface area (Å²) in [5, 5.41) is 3.37. The minimum atomic E-state index is 0.0263. The Hall–Kier alpha value is -2.17. The van der Waals surface area contributed by atoms with Crippen molar-refractivity contribution in [1.82, 2.24) is 10.2 Å². The van der Waals surface area contributed by atoms with Crippen LogP contribution in [0.25, 0.3) is 0 Å². The second-order valence-corrected chi connectivity index (χ2v) is 6.52. The van der Waals surface area contributed by atoms with Crippen LogP contribution in [0.2, 0.25) is 0 Å². The lowest BCUT2D eigenvalue weighted by atomic mass is 10.0. The van der Waals surface area contributed by atoms with Gasteiger partial charge >= 0.3 is 0 Å². The van der Waals surface area contributed by atoms with E-state index in [1.54, 1.807) is 0 Å². The molecule has 1 fully saturated rings. The molecule has 0 aliphatic carbocycles. The molecule has 2 aromatic rings. The number of ether oxygens (including phenoxy) is 1. The van der Waals surface area contributed by atoms with Crippen molar-refractivity contribution in [3.63, 3.8) is 0 Å². The quantitative estimate of drug-likeness (QED) is 0.880. The van der Waals surface area contributed by atoms with Gasteiger partial charge in [0.25, 0.3) is 0 Å². The van der Waals surface area contributed by atoms with E-state index < -0.39 is 0 Å². The van der Waals surface area contributed by atoms with Gasteiger partial charge in [0.1, 0.15) is 0 Å². The van der Waals surface area contributed by atoms with Crippen LogP contribution in [0.3, 0.4) is 0 Å². The summed E-state index contributed by atoms with van der Waals surface area (Å²) < 4.78 is 5.49. The van der Waals surface area contributed by atoms with E-state index in [4.69, 9.17) is 4.74 Å². The molecule has 2 unspecified atom stereocenters. The van der Waals surface area contributed by atoms with Gasteiger partial charge in [-0.3, -0.25) is 4.79 Å². The number of benzene rings is 2. The molecule has 132 valence electrons. The number of amides is 1. The predicted molar refractivity (Wildman–Crippen MR) is 99.1 cm³/mol. The normalized spacial score (nSPS) is 18.5. The van der Waals surface area contributed by atoms with E-state index in [-0.39, 0.29) is 18.0 Å². The van der Waals surface area contributed by atoms with Gasteiger partial charge in [0.05, 0.1) is 19.3 Å². The molecule has 1 aliphatic rings. The predicted octanol–water partition coefficient (Wildman–Crippen LogP) is 3.15. The molecule has 0 bridgehead atoms. The van der Waals surface area contributed by atoms with E-state index in [2.05, 4.69) is 36.5 Å². The molecule has 2 aromatic carbocycles. The lowest BCUT2D eigenvalue weighted by Gasteiger charge is -2.32. The maximum absolute atomic E-state index is 13.1. The first-order valence-electron chi connectivity index (χ1n) is 8.93. The van der Waals surface area contributed by atoms with Gasteiger partial charge in [0, 0.05) is 25.6 Å². The molecule has 1 heterocycles. The standard InChI is InChI=1S/C21H26N2O2/c1-17(19-10-6-3-7-11-19)23(15-18-8-4-2-5-9-18)21(24)14-20-16-25-13-12-22-20/h2-11,17,20,22H,12-16H2,1H3. The van der Waals surface area contributed by atoms with Crippen molar-refractivity contribution in [1.29, 1.82) is 0 Å². The van der Waals surface area contributed by atoms with Crippen molar-refractivity contribution in [2.75, 3.05) is 19.8 Å².